The first-order valence-electron chi connectivity index (χ1n) is 5.64. The predicted molar refractivity (Wildman–Crippen MR) is 73.8 cm³/mol. The Hall–Kier alpha value is -2.48. The molecule has 0 aliphatic rings. The van der Waals surface area contributed by atoms with Crippen LogP contribution in [0.3, 0.4) is 0 Å². The van der Waals surface area contributed by atoms with Crippen molar-refractivity contribution in [2.75, 3.05) is 0 Å². The van der Waals surface area contributed by atoms with Gasteiger partial charge in [0.05, 0.1) is 0 Å². The van der Waals surface area contributed by atoms with Crippen molar-refractivity contribution in [3.05, 3.63) is 78.9 Å². The quantitative estimate of drug-likeness (QED) is 0.624. The van der Waals surface area contributed by atoms with E-state index in [2.05, 4.69) is 6.58 Å². The number of hydrogen-bond acceptors (Lipinski definition) is 2. The van der Waals surface area contributed by atoms with Gasteiger partial charge in [0.15, 0.2) is 0 Å². The molecule has 0 saturated carbocycles. The molecule has 0 spiro atoms. The maximum Gasteiger partial charge on any atom is 0.127 e. The first-order chi connectivity index (χ1) is 8.79. The molecule has 2 heteroatoms. The summed E-state index contributed by atoms with van der Waals surface area (Å²) < 4.78 is 5.65. The van der Waals surface area contributed by atoms with Gasteiger partial charge in [-0.1, -0.05) is 30.9 Å². The molecule has 0 saturated heterocycles. The van der Waals surface area contributed by atoms with Crippen LogP contribution in [0.15, 0.2) is 73.3 Å². The average Bonchev–Trinajstić information content (AvgIpc) is 2.41. The molecule has 2 aromatic rings. The summed E-state index contributed by atoms with van der Waals surface area (Å²) in [7, 11) is 0. The van der Waals surface area contributed by atoms with E-state index in [1.807, 2.05) is 42.5 Å². The number of rotatable bonds is 4. The molecule has 1 N–H and O–H groups in total. The molecule has 18 heavy (non-hydrogen) atoms. The Bertz CT molecular complexity index is 539. The van der Waals surface area contributed by atoms with Crippen molar-refractivity contribution in [3.8, 4) is 11.5 Å². The highest BCUT2D eigenvalue weighted by Crippen LogP contribution is 2.22. The van der Waals surface area contributed by atoms with Gasteiger partial charge in [-0.25, -0.2) is 0 Å². The molecule has 0 atom stereocenters. The second-order valence-electron chi connectivity index (χ2n) is 3.73. The van der Waals surface area contributed by atoms with Gasteiger partial charge in [0.2, 0.25) is 0 Å². The van der Waals surface area contributed by atoms with E-state index >= 15 is 0 Å². The number of allylic oxidation sites excluding steroid dienone is 2. The highest BCUT2D eigenvalue weighted by atomic mass is 16.5. The van der Waals surface area contributed by atoms with Gasteiger partial charge >= 0.3 is 0 Å². The van der Waals surface area contributed by atoms with Gasteiger partial charge in [0, 0.05) is 5.56 Å². The number of ether oxygens (including phenoxy) is 1. The highest BCUT2D eigenvalue weighted by Gasteiger charge is 1.99. The molecule has 2 aromatic carbocycles. The topological polar surface area (TPSA) is 29.5 Å². The summed E-state index contributed by atoms with van der Waals surface area (Å²) in [6.07, 6.45) is 3.09. The summed E-state index contributed by atoms with van der Waals surface area (Å²) in [5.74, 6) is 1.71. The van der Waals surface area contributed by atoms with Crippen LogP contribution in [0, 0.1) is 0 Å². The molecule has 2 rings (SSSR count). The van der Waals surface area contributed by atoms with Crippen LogP contribution >= 0.6 is 0 Å². The third kappa shape index (κ3) is 3.01. The van der Waals surface area contributed by atoms with Crippen LogP contribution in [0.4, 0.5) is 0 Å². The van der Waals surface area contributed by atoms with E-state index in [4.69, 9.17) is 4.74 Å². The van der Waals surface area contributed by atoms with Gasteiger partial charge in [-0.15, -0.1) is 0 Å². The van der Waals surface area contributed by atoms with Crippen molar-refractivity contribution >= 4 is 5.76 Å². The first kappa shape index (κ1) is 12.0. The minimum atomic E-state index is 0.191. The molecular weight excluding hydrogens is 224 g/mol. The van der Waals surface area contributed by atoms with E-state index in [-0.39, 0.29) is 5.76 Å². The number of aliphatic hydroxyl groups excluding tert-OH is 1. The number of aliphatic hydroxyl groups is 1. The standard InChI is InChI=1S/C16H14O2/c1-2-6-16(17)13-9-11-15(12-10-13)18-14-7-4-3-5-8-14/h2-12,17H,1H2/b16-6+. The largest absolute Gasteiger partial charge is 0.507 e. The summed E-state index contributed by atoms with van der Waals surface area (Å²) in [5.41, 5.74) is 0.732. The fourth-order valence-corrected chi connectivity index (χ4v) is 1.53. The maximum atomic E-state index is 9.65. The zero-order valence-corrected chi connectivity index (χ0v) is 9.91. The molecular formula is C16H14O2. The monoisotopic (exact) mass is 238 g/mol. The molecule has 0 radical (unpaired) electrons. The molecule has 0 aliphatic carbocycles. The van der Waals surface area contributed by atoms with E-state index < -0.39 is 0 Å². The zero-order valence-electron chi connectivity index (χ0n) is 9.91. The van der Waals surface area contributed by atoms with E-state index in [1.165, 1.54) is 0 Å². The Balaban J connectivity index is 2.13. The Labute approximate surface area is 106 Å². The lowest BCUT2D eigenvalue weighted by Gasteiger charge is -2.06. The van der Waals surface area contributed by atoms with Gasteiger partial charge in [0.25, 0.3) is 0 Å². The molecule has 90 valence electrons. The second-order valence-corrected chi connectivity index (χ2v) is 3.73. The minimum Gasteiger partial charge on any atom is -0.507 e. The molecule has 0 aromatic heterocycles. The average molecular weight is 238 g/mol. The maximum absolute atomic E-state index is 9.65. The fourth-order valence-electron chi connectivity index (χ4n) is 1.53. The lowest BCUT2D eigenvalue weighted by atomic mass is 10.1. The summed E-state index contributed by atoms with van der Waals surface area (Å²) in [5, 5.41) is 9.65. The lowest BCUT2D eigenvalue weighted by Crippen LogP contribution is -1.85. The van der Waals surface area contributed by atoms with Gasteiger partial charge < -0.3 is 9.84 Å². The normalized spacial score (nSPS) is 11.0. The van der Waals surface area contributed by atoms with E-state index in [1.54, 1.807) is 24.3 Å². The van der Waals surface area contributed by atoms with Crippen LogP contribution in [0.5, 0.6) is 11.5 Å². The number of para-hydroxylation sites is 1. The van der Waals surface area contributed by atoms with Gasteiger partial charge in [0.1, 0.15) is 17.3 Å². The molecule has 0 bridgehead atoms. The molecule has 2 nitrogen and oxygen atoms in total. The van der Waals surface area contributed by atoms with Crippen molar-refractivity contribution in [2.45, 2.75) is 0 Å². The van der Waals surface area contributed by atoms with Crippen molar-refractivity contribution in [1.29, 1.82) is 0 Å². The molecule has 0 unspecified atom stereocenters. The van der Waals surface area contributed by atoms with Crippen LogP contribution in [-0.2, 0) is 0 Å². The van der Waals surface area contributed by atoms with Crippen molar-refractivity contribution in [3.63, 3.8) is 0 Å². The zero-order chi connectivity index (χ0) is 12.8. The Morgan fingerprint density at radius 2 is 1.56 bits per heavy atom. The highest BCUT2D eigenvalue weighted by molar-refractivity contribution is 5.60. The summed E-state index contributed by atoms with van der Waals surface area (Å²) in [4.78, 5) is 0. The second kappa shape index (κ2) is 5.73. The molecule has 0 aliphatic heterocycles. The van der Waals surface area contributed by atoms with Gasteiger partial charge in [-0.2, -0.15) is 0 Å². The van der Waals surface area contributed by atoms with E-state index in [0.717, 1.165) is 17.1 Å². The molecule has 0 amide bonds. The Morgan fingerprint density at radius 3 is 2.17 bits per heavy atom. The third-order valence-corrected chi connectivity index (χ3v) is 2.40. The summed E-state index contributed by atoms with van der Waals surface area (Å²) in [6, 6.07) is 16.8. The smallest absolute Gasteiger partial charge is 0.127 e. The van der Waals surface area contributed by atoms with Gasteiger partial charge in [-0.05, 0) is 42.5 Å². The van der Waals surface area contributed by atoms with Crippen molar-refractivity contribution in [1.82, 2.24) is 0 Å². The minimum absolute atomic E-state index is 0.191. The van der Waals surface area contributed by atoms with Crippen LogP contribution in [0.1, 0.15) is 5.56 Å². The van der Waals surface area contributed by atoms with Crippen LogP contribution in [0.2, 0.25) is 0 Å². The van der Waals surface area contributed by atoms with Crippen LogP contribution < -0.4 is 4.74 Å². The first-order valence-corrected chi connectivity index (χ1v) is 5.64. The van der Waals surface area contributed by atoms with Crippen molar-refractivity contribution < 1.29 is 9.84 Å². The Kier molecular flexibility index (Phi) is 3.82. The van der Waals surface area contributed by atoms with E-state index in [0.29, 0.717) is 0 Å². The summed E-state index contributed by atoms with van der Waals surface area (Å²) >= 11 is 0. The fraction of sp³-hybridized carbons (Fsp3) is 0. The van der Waals surface area contributed by atoms with Crippen molar-refractivity contribution in [2.24, 2.45) is 0 Å². The number of benzene rings is 2. The van der Waals surface area contributed by atoms with E-state index in [9.17, 15) is 5.11 Å². The summed E-state index contributed by atoms with van der Waals surface area (Å²) in [6.45, 7) is 3.54. The Morgan fingerprint density at radius 1 is 0.944 bits per heavy atom. The van der Waals surface area contributed by atoms with Crippen LogP contribution in [-0.4, -0.2) is 5.11 Å². The lowest BCUT2D eigenvalue weighted by molar-refractivity contribution is 0.482. The van der Waals surface area contributed by atoms with Crippen LogP contribution in [0.25, 0.3) is 5.76 Å². The predicted octanol–water partition coefficient (Wildman–Crippen LogP) is 4.56. The molecule has 0 heterocycles. The molecule has 0 fully saturated rings. The number of hydrogen-bond donors (Lipinski definition) is 1. The third-order valence-electron chi connectivity index (χ3n) is 2.40. The SMILES string of the molecule is C=C/C=C(/O)c1ccc(Oc2ccccc2)cc1. The van der Waals surface area contributed by atoms with Gasteiger partial charge in [-0.3, -0.25) is 0 Å².